The molecule has 1 heterocycles. The van der Waals surface area contributed by atoms with Gasteiger partial charge in [0.1, 0.15) is 11.5 Å². The standard InChI is InChI=1S/C25H27F3N2O4/c1-33-21-9-5-8-19(14-21)22-15-24(32,25(26,27)28)30(29-22)23(31)16-34-20-12-10-18(11-13-20)17-6-3-2-4-7-17/h5,8-14,17,32H,2-4,6-7,15-16H2,1H3/t24-/m0/s1. The Balaban J connectivity index is 1.48. The fourth-order valence-corrected chi connectivity index (χ4v) is 4.47. The van der Waals surface area contributed by atoms with Crippen LogP contribution in [-0.4, -0.2) is 47.4 Å². The van der Waals surface area contributed by atoms with E-state index in [1.807, 2.05) is 12.1 Å². The molecule has 1 aliphatic heterocycles. The third-order valence-electron chi connectivity index (χ3n) is 6.40. The maximum atomic E-state index is 13.8. The number of hydrogen-bond acceptors (Lipinski definition) is 5. The van der Waals surface area contributed by atoms with Crippen LogP contribution in [0.15, 0.2) is 53.6 Å². The summed E-state index contributed by atoms with van der Waals surface area (Å²) >= 11 is 0. The molecular formula is C25H27F3N2O4. The maximum absolute atomic E-state index is 13.8. The van der Waals surface area contributed by atoms with E-state index in [0.717, 1.165) is 12.8 Å². The maximum Gasteiger partial charge on any atom is 0.438 e. The van der Waals surface area contributed by atoms with Gasteiger partial charge in [0, 0.05) is 5.56 Å². The Bertz CT molecular complexity index is 1050. The Kier molecular flexibility index (Phi) is 6.84. The van der Waals surface area contributed by atoms with E-state index >= 15 is 0 Å². The van der Waals surface area contributed by atoms with Gasteiger partial charge in [0.15, 0.2) is 6.61 Å². The molecule has 9 heteroatoms. The SMILES string of the molecule is COc1cccc(C2=NN(C(=O)COc3ccc(C4CCCCC4)cc3)[C@@](O)(C(F)(F)F)C2)c1. The molecule has 0 saturated heterocycles. The van der Waals surface area contributed by atoms with Crippen LogP contribution in [0.3, 0.4) is 0 Å². The van der Waals surface area contributed by atoms with Gasteiger partial charge < -0.3 is 14.6 Å². The number of carbonyl (C=O) groups excluding carboxylic acids is 1. The average Bonchev–Trinajstić information content (AvgIpc) is 3.22. The lowest BCUT2D eigenvalue weighted by Crippen LogP contribution is -2.57. The number of methoxy groups -OCH3 is 1. The molecule has 4 rings (SSSR count). The van der Waals surface area contributed by atoms with Crippen molar-refractivity contribution in [3.05, 3.63) is 59.7 Å². The van der Waals surface area contributed by atoms with Crippen molar-refractivity contribution in [1.29, 1.82) is 0 Å². The van der Waals surface area contributed by atoms with Crippen LogP contribution in [0, 0.1) is 0 Å². The van der Waals surface area contributed by atoms with Gasteiger partial charge in [-0.3, -0.25) is 4.79 Å². The highest BCUT2D eigenvalue weighted by atomic mass is 19.4. The third kappa shape index (κ3) is 4.89. The third-order valence-corrected chi connectivity index (χ3v) is 6.40. The minimum Gasteiger partial charge on any atom is -0.497 e. The molecule has 1 aliphatic carbocycles. The van der Waals surface area contributed by atoms with Crippen LogP contribution in [-0.2, 0) is 4.79 Å². The molecule has 2 aliphatic rings. The molecule has 34 heavy (non-hydrogen) atoms. The molecule has 182 valence electrons. The van der Waals surface area contributed by atoms with Gasteiger partial charge in [-0.15, -0.1) is 0 Å². The molecule has 6 nitrogen and oxygen atoms in total. The van der Waals surface area contributed by atoms with Crippen molar-refractivity contribution in [3.63, 3.8) is 0 Å². The molecule has 0 radical (unpaired) electrons. The second-order valence-electron chi connectivity index (χ2n) is 8.67. The molecule has 1 saturated carbocycles. The highest BCUT2D eigenvalue weighted by Gasteiger charge is 2.63. The first-order valence-electron chi connectivity index (χ1n) is 11.3. The molecule has 1 atom stereocenters. The number of ether oxygens (including phenoxy) is 2. The van der Waals surface area contributed by atoms with Gasteiger partial charge in [0.05, 0.1) is 19.2 Å². The van der Waals surface area contributed by atoms with Crippen molar-refractivity contribution in [3.8, 4) is 11.5 Å². The molecule has 2 aromatic rings. The topological polar surface area (TPSA) is 71.4 Å². The summed E-state index contributed by atoms with van der Waals surface area (Å²) in [4.78, 5) is 12.7. The van der Waals surface area contributed by atoms with E-state index in [2.05, 4.69) is 5.10 Å². The zero-order valence-corrected chi connectivity index (χ0v) is 18.8. The Morgan fingerprint density at radius 3 is 2.47 bits per heavy atom. The summed E-state index contributed by atoms with van der Waals surface area (Å²) in [6.45, 7) is -0.698. The Morgan fingerprint density at radius 1 is 1.12 bits per heavy atom. The predicted octanol–water partition coefficient (Wildman–Crippen LogP) is 5.01. The number of rotatable bonds is 6. The lowest BCUT2D eigenvalue weighted by atomic mass is 9.84. The summed E-state index contributed by atoms with van der Waals surface area (Å²) in [5, 5.41) is 14.4. The minimum absolute atomic E-state index is 0.0797. The second-order valence-corrected chi connectivity index (χ2v) is 8.67. The fraction of sp³-hybridized carbons (Fsp3) is 0.440. The van der Waals surface area contributed by atoms with Gasteiger partial charge >= 0.3 is 6.18 Å². The number of hydrazone groups is 1. The van der Waals surface area contributed by atoms with Crippen LogP contribution in [0.4, 0.5) is 13.2 Å². The van der Waals surface area contributed by atoms with Crippen molar-refractivity contribution in [2.45, 2.75) is 56.3 Å². The van der Waals surface area contributed by atoms with E-state index in [0.29, 0.717) is 23.0 Å². The highest BCUT2D eigenvalue weighted by Crippen LogP contribution is 2.41. The number of amides is 1. The summed E-state index contributed by atoms with van der Waals surface area (Å²) in [5.74, 6) is 0.175. The van der Waals surface area contributed by atoms with E-state index in [1.54, 1.807) is 24.3 Å². The lowest BCUT2D eigenvalue weighted by molar-refractivity contribution is -0.302. The van der Waals surface area contributed by atoms with Crippen LogP contribution < -0.4 is 9.47 Å². The van der Waals surface area contributed by atoms with Crippen LogP contribution in [0.2, 0.25) is 0 Å². The summed E-state index contributed by atoms with van der Waals surface area (Å²) in [6, 6.07) is 13.5. The number of benzene rings is 2. The summed E-state index contributed by atoms with van der Waals surface area (Å²) in [5.41, 5.74) is -2.03. The van der Waals surface area contributed by atoms with Crippen molar-refractivity contribution < 1.29 is 32.5 Å². The van der Waals surface area contributed by atoms with Crippen molar-refractivity contribution in [2.75, 3.05) is 13.7 Å². The van der Waals surface area contributed by atoms with E-state index in [4.69, 9.17) is 9.47 Å². The zero-order valence-electron chi connectivity index (χ0n) is 18.8. The van der Waals surface area contributed by atoms with Crippen LogP contribution >= 0.6 is 0 Å². The Hall–Kier alpha value is -3.07. The number of alkyl halides is 3. The smallest absolute Gasteiger partial charge is 0.438 e. The summed E-state index contributed by atoms with van der Waals surface area (Å²) in [6.07, 6.45) is -0.0849. The number of carbonyl (C=O) groups is 1. The lowest BCUT2D eigenvalue weighted by Gasteiger charge is -2.32. The first kappa shape index (κ1) is 24.1. The Morgan fingerprint density at radius 2 is 1.82 bits per heavy atom. The van der Waals surface area contributed by atoms with Gasteiger partial charge in [-0.1, -0.05) is 43.5 Å². The van der Waals surface area contributed by atoms with Gasteiger partial charge in [0.2, 0.25) is 0 Å². The normalized spacial score (nSPS) is 21.3. The molecule has 0 bridgehead atoms. The molecule has 2 aromatic carbocycles. The highest BCUT2D eigenvalue weighted by molar-refractivity contribution is 6.03. The summed E-state index contributed by atoms with van der Waals surface area (Å²) in [7, 11) is 1.43. The molecular weight excluding hydrogens is 449 g/mol. The van der Waals surface area contributed by atoms with Gasteiger partial charge in [-0.25, -0.2) is 0 Å². The molecule has 1 fully saturated rings. The molecule has 0 spiro atoms. The van der Waals surface area contributed by atoms with Crippen LogP contribution in [0.5, 0.6) is 11.5 Å². The van der Waals surface area contributed by atoms with E-state index in [9.17, 15) is 23.1 Å². The quantitative estimate of drug-likeness (QED) is 0.636. The zero-order chi connectivity index (χ0) is 24.3. The van der Waals surface area contributed by atoms with Crippen molar-refractivity contribution in [2.24, 2.45) is 5.10 Å². The van der Waals surface area contributed by atoms with Crippen LogP contribution in [0.1, 0.15) is 55.6 Å². The van der Waals surface area contributed by atoms with Crippen molar-refractivity contribution >= 4 is 11.6 Å². The van der Waals surface area contributed by atoms with Gasteiger partial charge in [-0.05, 0) is 48.6 Å². The molecule has 0 aromatic heterocycles. The van der Waals surface area contributed by atoms with Crippen LogP contribution in [0.25, 0.3) is 0 Å². The van der Waals surface area contributed by atoms with Crippen molar-refractivity contribution in [1.82, 2.24) is 5.01 Å². The predicted molar refractivity (Wildman–Crippen MR) is 120 cm³/mol. The number of aliphatic hydroxyl groups is 1. The average molecular weight is 476 g/mol. The second kappa shape index (κ2) is 9.66. The molecule has 1 N–H and O–H groups in total. The van der Waals surface area contributed by atoms with Gasteiger partial charge in [0.25, 0.3) is 11.6 Å². The molecule has 0 unspecified atom stereocenters. The number of halogens is 3. The van der Waals surface area contributed by atoms with E-state index < -0.39 is 30.8 Å². The largest absolute Gasteiger partial charge is 0.497 e. The van der Waals surface area contributed by atoms with E-state index in [-0.39, 0.29) is 10.7 Å². The number of nitrogens with zero attached hydrogens (tertiary/aromatic N) is 2. The van der Waals surface area contributed by atoms with E-state index in [1.165, 1.54) is 44.1 Å². The fourth-order valence-electron chi connectivity index (χ4n) is 4.47. The number of hydrogen-bond donors (Lipinski definition) is 1. The minimum atomic E-state index is -5.12. The Labute approximate surface area is 196 Å². The van der Waals surface area contributed by atoms with Gasteiger partial charge in [-0.2, -0.15) is 23.3 Å². The first-order chi connectivity index (χ1) is 16.2. The monoisotopic (exact) mass is 476 g/mol. The molecule has 1 amide bonds. The first-order valence-corrected chi connectivity index (χ1v) is 11.3. The summed E-state index contributed by atoms with van der Waals surface area (Å²) < 4.78 is 51.9.